The predicted molar refractivity (Wildman–Crippen MR) is 45.7 cm³/mol. The number of hydrogen-bond acceptors (Lipinski definition) is 3. The van der Waals surface area contributed by atoms with Crippen LogP contribution in [0, 0.1) is 5.41 Å². The molecule has 3 N–H and O–H groups in total. The van der Waals surface area contributed by atoms with E-state index in [1.165, 1.54) is 0 Å². The van der Waals surface area contributed by atoms with Crippen molar-refractivity contribution in [3.63, 3.8) is 0 Å². The fourth-order valence-electron chi connectivity index (χ4n) is 2.03. The summed E-state index contributed by atoms with van der Waals surface area (Å²) < 4.78 is 5.44. The van der Waals surface area contributed by atoms with Gasteiger partial charge in [0.15, 0.2) is 0 Å². The van der Waals surface area contributed by atoms with Crippen LogP contribution in [0.25, 0.3) is 0 Å². The molecule has 0 bridgehead atoms. The number of hydrogen-bond donors (Lipinski definition) is 2. The maximum Gasteiger partial charge on any atom is 0.0869 e. The number of aliphatic hydroxyl groups excluding tert-OH is 1. The summed E-state index contributed by atoms with van der Waals surface area (Å²) in [6, 6.07) is 0. The second-order valence-electron chi connectivity index (χ2n) is 4.06. The standard InChI is InChI=1S/C9H17NO2/c10-6-9(3-4-9)8(11)7-2-1-5-12-7/h7-8,11H,1-6,10H2. The molecule has 0 aromatic rings. The van der Waals surface area contributed by atoms with Crippen molar-refractivity contribution in [2.24, 2.45) is 11.1 Å². The average molecular weight is 171 g/mol. The van der Waals surface area contributed by atoms with Gasteiger partial charge in [0.25, 0.3) is 0 Å². The molecule has 3 nitrogen and oxygen atoms in total. The highest BCUT2D eigenvalue weighted by Crippen LogP contribution is 2.49. The van der Waals surface area contributed by atoms with Crippen molar-refractivity contribution < 1.29 is 9.84 Å². The second-order valence-corrected chi connectivity index (χ2v) is 4.06. The van der Waals surface area contributed by atoms with Gasteiger partial charge in [0.2, 0.25) is 0 Å². The van der Waals surface area contributed by atoms with Crippen molar-refractivity contribution in [3.05, 3.63) is 0 Å². The fraction of sp³-hybridized carbons (Fsp3) is 1.00. The molecule has 0 radical (unpaired) electrons. The Morgan fingerprint density at radius 3 is 2.75 bits per heavy atom. The quantitative estimate of drug-likeness (QED) is 0.640. The van der Waals surface area contributed by atoms with Crippen LogP contribution in [0.2, 0.25) is 0 Å². The SMILES string of the molecule is NCC1(C(O)C2CCCO2)CC1. The van der Waals surface area contributed by atoms with Gasteiger partial charge in [-0.1, -0.05) is 0 Å². The van der Waals surface area contributed by atoms with Crippen molar-refractivity contribution in [1.29, 1.82) is 0 Å². The third-order valence-electron chi connectivity index (χ3n) is 3.24. The van der Waals surface area contributed by atoms with Crippen LogP contribution >= 0.6 is 0 Å². The van der Waals surface area contributed by atoms with Crippen LogP contribution in [-0.4, -0.2) is 30.5 Å². The molecule has 0 aromatic heterocycles. The van der Waals surface area contributed by atoms with Gasteiger partial charge in [-0.05, 0) is 25.7 Å². The lowest BCUT2D eigenvalue weighted by molar-refractivity contribution is -0.0382. The van der Waals surface area contributed by atoms with E-state index >= 15 is 0 Å². The largest absolute Gasteiger partial charge is 0.390 e. The molecule has 0 spiro atoms. The molecule has 1 aliphatic heterocycles. The zero-order chi connectivity index (χ0) is 8.60. The Morgan fingerprint density at radius 1 is 1.58 bits per heavy atom. The first-order chi connectivity index (χ1) is 5.78. The van der Waals surface area contributed by atoms with Gasteiger partial charge in [0, 0.05) is 18.6 Å². The minimum Gasteiger partial charge on any atom is -0.390 e. The van der Waals surface area contributed by atoms with Crippen LogP contribution in [0.3, 0.4) is 0 Å². The summed E-state index contributed by atoms with van der Waals surface area (Å²) >= 11 is 0. The van der Waals surface area contributed by atoms with Gasteiger partial charge in [0.05, 0.1) is 12.2 Å². The number of nitrogens with two attached hydrogens (primary N) is 1. The lowest BCUT2D eigenvalue weighted by atomic mass is 9.93. The third-order valence-corrected chi connectivity index (χ3v) is 3.24. The summed E-state index contributed by atoms with van der Waals surface area (Å²) in [5.41, 5.74) is 5.64. The molecule has 12 heavy (non-hydrogen) atoms. The Bertz CT molecular complexity index is 162. The first kappa shape index (κ1) is 8.48. The average Bonchev–Trinajstić information content (AvgIpc) is 2.71. The lowest BCUT2D eigenvalue weighted by Crippen LogP contribution is -2.38. The highest BCUT2D eigenvalue weighted by molar-refractivity contribution is 5.02. The molecule has 0 aromatic carbocycles. The zero-order valence-corrected chi connectivity index (χ0v) is 7.33. The molecule has 70 valence electrons. The molecule has 0 amide bonds. The summed E-state index contributed by atoms with van der Waals surface area (Å²) in [5, 5.41) is 9.93. The highest BCUT2D eigenvalue weighted by Gasteiger charge is 2.51. The van der Waals surface area contributed by atoms with Crippen LogP contribution in [0.4, 0.5) is 0 Å². The first-order valence-corrected chi connectivity index (χ1v) is 4.78. The van der Waals surface area contributed by atoms with E-state index in [2.05, 4.69) is 0 Å². The van der Waals surface area contributed by atoms with E-state index in [0.29, 0.717) is 6.54 Å². The van der Waals surface area contributed by atoms with Crippen LogP contribution in [-0.2, 0) is 4.74 Å². The second kappa shape index (κ2) is 2.98. The fourth-order valence-corrected chi connectivity index (χ4v) is 2.03. The zero-order valence-electron chi connectivity index (χ0n) is 7.33. The van der Waals surface area contributed by atoms with Crippen molar-refractivity contribution in [3.8, 4) is 0 Å². The maximum absolute atomic E-state index is 9.93. The molecule has 2 aliphatic rings. The van der Waals surface area contributed by atoms with Crippen molar-refractivity contribution in [2.45, 2.75) is 37.9 Å². The summed E-state index contributed by atoms with van der Waals surface area (Å²) in [5.74, 6) is 0. The number of aliphatic hydroxyl groups is 1. The van der Waals surface area contributed by atoms with E-state index in [4.69, 9.17) is 10.5 Å². The first-order valence-electron chi connectivity index (χ1n) is 4.78. The molecule has 1 saturated heterocycles. The van der Waals surface area contributed by atoms with Gasteiger partial charge < -0.3 is 15.6 Å². The van der Waals surface area contributed by atoms with E-state index < -0.39 is 0 Å². The summed E-state index contributed by atoms with van der Waals surface area (Å²) in [7, 11) is 0. The van der Waals surface area contributed by atoms with E-state index in [1.54, 1.807) is 0 Å². The highest BCUT2D eigenvalue weighted by atomic mass is 16.5. The van der Waals surface area contributed by atoms with E-state index in [9.17, 15) is 5.11 Å². The molecule has 3 heteroatoms. The normalized spacial score (nSPS) is 35.0. The molecule has 2 unspecified atom stereocenters. The Balaban J connectivity index is 1.94. The molecule has 1 saturated carbocycles. The molecular formula is C9H17NO2. The molecule has 2 atom stereocenters. The Hall–Kier alpha value is -0.120. The maximum atomic E-state index is 9.93. The monoisotopic (exact) mass is 171 g/mol. The van der Waals surface area contributed by atoms with E-state index in [-0.39, 0.29) is 17.6 Å². The van der Waals surface area contributed by atoms with Crippen molar-refractivity contribution >= 4 is 0 Å². The van der Waals surface area contributed by atoms with E-state index in [0.717, 1.165) is 32.3 Å². The molecule has 2 rings (SSSR count). The van der Waals surface area contributed by atoms with Crippen LogP contribution in [0.5, 0.6) is 0 Å². The predicted octanol–water partition coefficient (Wildman–Crippen LogP) is 0.265. The van der Waals surface area contributed by atoms with Gasteiger partial charge in [-0.3, -0.25) is 0 Å². The Labute approximate surface area is 72.9 Å². The Morgan fingerprint density at radius 2 is 2.33 bits per heavy atom. The van der Waals surface area contributed by atoms with Gasteiger partial charge in [-0.2, -0.15) is 0 Å². The van der Waals surface area contributed by atoms with Crippen LogP contribution in [0.15, 0.2) is 0 Å². The number of rotatable bonds is 3. The van der Waals surface area contributed by atoms with Crippen LogP contribution < -0.4 is 5.73 Å². The van der Waals surface area contributed by atoms with E-state index in [1.807, 2.05) is 0 Å². The topological polar surface area (TPSA) is 55.5 Å². The molecule has 1 heterocycles. The lowest BCUT2D eigenvalue weighted by Gasteiger charge is -2.25. The summed E-state index contributed by atoms with van der Waals surface area (Å²) in [6.45, 7) is 1.41. The van der Waals surface area contributed by atoms with Gasteiger partial charge >= 0.3 is 0 Å². The van der Waals surface area contributed by atoms with Gasteiger partial charge in [-0.25, -0.2) is 0 Å². The number of ether oxygens (including phenoxy) is 1. The summed E-state index contributed by atoms with van der Waals surface area (Å²) in [4.78, 5) is 0. The van der Waals surface area contributed by atoms with Gasteiger partial charge in [0.1, 0.15) is 0 Å². The minimum atomic E-state index is -0.315. The van der Waals surface area contributed by atoms with Crippen LogP contribution in [0.1, 0.15) is 25.7 Å². The smallest absolute Gasteiger partial charge is 0.0869 e. The van der Waals surface area contributed by atoms with Crippen molar-refractivity contribution in [2.75, 3.05) is 13.2 Å². The third kappa shape index (κ3) is 1.26. The summed E-state index contributed by atoms with van der Waals surface area (Å²) in [6.07, 6.45) is 3.99. The van der Waals surface area contributed by atoms with Gasteiger partial charge in [-0.15, -0.1) is 0 Å². The minimum absolute atomic E-state index is 0.0228. The molecular weight excluding hydrogens is 154 g/mol. The molecule has 1 aliphatic carbocycles. The Kier molecular flexibility index (Phi) is 2.10. The van der Waals surface area contributed by atoms with Crippen molar-refractivity contribution in [1.82, 2.24) is 0 Å². The molecule has 2 fully saturated rings.